The second-order valence-corrected chi connectivity index (χ2v) is 7.84. The maximum absolute atomic E-state index is 13.5. The molecule has 0 saturated carbocycles. The number of amides is 1. The van der Waals surface area contributed by atoms with Crippen LogP contribution in [0.2, 0.25) is 0 Å². The molecule has 0 spiro atoms. The molecule has 3 aromatic rings. The molecule has 1 amide bonds. The van der Waals surface area contributed by atoms with Crippen molar-refractivity contribution in [2.24, 2.45) is 0 Å². The van der Waals surface area contributed by atoms with Crippen LogP contribution in [0.15, 0.2) is 78.9 Å². The van der Waals surface area contributed by atoms with Gasteiger partial charge in [0.25, 0.3) is 0 Å². The van der Waals surface area contributed by atoms with E-state index in [-0.39, 0.29) is 12.3 Å². The molecule has 154 valence electrons. The Hall–Kier alpha value is -3.40. The van der Waals surface area contributed by atoms with Gasteiger partial charge in [-0.1, -0.05) is 78.9 Å². The quantitative estimate of drug-likeness (QED) is 0.616. The van der Waals surface area contributed by atoms with Gasteiger partial charge in [0.15, 0.2) is 0 Å². The predicted octanol–water partition coefficient (Wildman–Crippen LogP) is 4.42. The van der Waals surface area contributed by atoms with Gasteiger partial charge in [0.2, 0.25) is 5.91 Å². The molecule has 0 bridgehead atoms. The average Bonchev–Trinajstić information content (AvgIpc) is 2.76. The minimum atomic E-state index is -1.05. The Balaban J connectivity index is 1.93. The molecule has 3 rings (SSSR count). The van der Waals surface area contributed by atoms with E-state index in [4.69, 9.17) is 0 Å². The number of aliphatic carboxylic acids is 1. The standard InChI is InChI=1S/C26H27NO3/c1-18-14-15-20(16-19(18)2)17-23(24(28)29)27-25(30)26(3,21-10-6-4-7-11-21)22-12-8-5-9-13-22/h4-16,23H,17H2,1-3H3,(H,27,30)(H,28,29)/t23-/m0/s1. The first-order chi connectivity index (χ1) is 14.3. The minimum absolute atomic E-state index is 0.224. The van der Waals surface area contributed by atoms with E-state index < -0.39 is 17.4 Å². The third-order valence-electron chi connectivity index (χ3n) is 5.77. The topological polar surface area (TPSA) is 66.4 Å². The van der Waals surface area contributed by atoms with Gasteiger partial charge in [-0.25, -0.2) is 4.79 Å². The zero-order valence-corrected chi connectivity index (χ0v) is 17.6. The number of carbonyl (C=O) groups excluding carboxylic acids is 1. The van der Waals surface area contributed by atoms with Gasteiger partial charge in [0.05, 0.1) is 5.41 Å². The van der Waals surface area contributed by atoms with Crippen LogP contribution in [-0.4, -0.2) is 23.0 Å². The van der Waals surface area contributed by atoms with Crippen molar-refractivity contribution in [3.05, 3.63) is 107 Å². The smallest absolute Gasteiger partial charge is 0.326 e. The molecule has 0 fully saturated rings. The molecule has 2 N–H and O–H groups in total. The fourth-order valence-electron chi connectivity index (χ4n) is 3.64. The van der Waals surface area contributed by atoms with Crippen molar-refractivity contribution in [3.8, 4) is 0 Å². The molecule has 0 aliphatic carbocycles. The lowest BCUT2D eigenvalue weighted by molar-refractivity contribution is -0.142. The Morgan fingerprint density at radius 2 is 1.40 bits per heavy atom. The van der Waals surface area contributed by atoms with Gasteiger partial charge >= 0.3 is 5.97 Å². The molecule has 0 unspecified atom stereocenters. The van der Waals surface area contributed by atoms with Crippen molar-refractivity contribution in [2.45, 2.75) is 38.6 Å². The third-order valence-corrected chi connectivity index (χ3v) is 5.77. The molecule has 1 atom stereocenters. The van der Waals surface area contributed by atoms with E-state index in [1.54, 1.807) is 0 Å². The lowest BCUT2D eigenvalue weighted by Crippen LogP contribution is -2.50. The first-order valence-corrected chi connectivity index (χ1v) is 10.0. The van der Waals surface area contributed by atoms with Gasteiger partial charge < -0.3 is 10.4 Å². The van der Waals surface area contributed by atoms with E-state index >= 15 is 0 Å². The van der Waals surface area contributed by atoms with Crippen LogP contribution in [0, 0.1) is 13.8 Å². The largest absolute Gasteiger partial charge is 0.480 e. The summed E-state index contributed by atoms with van der Waals surface area (Å²) in [5.74, 6) is -1.39. The second kappa shape index (κ2) is 8.95. The first kappa shape index (κ1) is 21.3. The van der Waals surface area contributed by atoms with Crippen molar-refractivity contribution >= 4 is 11.9 Å². The summed E-state index contributed by atoms with van der Waals surface area (Å²) in [6, 6.07) is 23.7. The van der Waals surface area contributed by atoms with E-state index in [1.165, 1.54) is 0 Å². The van der Waals surface area contributed by atoms with Crippen LogP contribution in [0.4, 0.5) is 0 Å². The normalized spacial score (nSPS) is 12.2. The molecule has 30 heavy (non-hydrogen) atoms. The number of rotatable bonds is 7. The molecule has 4 nitrogen and oxygen atoms in total. The highest BCUT2D eigenvalue weighted by Crippen LogP contribution is 2.32. The maximum atomic E-state index is 13.5. The molecular formula is C26H27NO3. The summed E-state index contributed by atoms with van der Waals surface area (Å²) < 4.78 is 0. The van der Waals surface area contributed by atoms with E-state index in [0.29, 0.717) is 0 Å². The maximum Gasteiger partial charge on any atom is 0.326 e. The molecule has 0 saturated heterocycles. The zero-order valence-electron chi connectivity index (χ0n) is 17.6. The Morgan fingerprint density at radius 3 is 1.87 bits per heavy atom. The number of carbonyl (C=O) groups is 2. The Bertz CT molecular complexity index is 989. The Morgan fingerprint density at radius 1 is 0.867 bits per heavy atom. The van der Waals surface area contributed by atoms with Crippen molar-refractivity contribution in [1.82, 2.24) is 5.32 Å². The number of hydrogen-bond acceptors (Lipinski definition) is 2. The number of benzene rings is 3. The van der Waals surface area contributed by atoms with Crippen LogP contribution in [0.25, 0.3) is 0 Å². The molecule has 3 aromatic carbocycles. The van der Waals surface area contributed by atoms with Crippen molar-refractivity contribution < 1.29 is 14.7 Å². The van der Waals surface area contributed by atoms with Crippen molar-refractivity contribution in [2.75, 3.05) is 0 Å². The lowest BCUT2D eigenvalue weighted by atomic mass is 9.75. The highest BCUT2D eigenvalue weighted by Gasteiger charge is 2.38. The molecule has 0 aliphatic rings. The second-order valence-electron chi connectivity index (χ2n) is 7.84. The predicted molar refractivity (Wildman–Crippen MR) is 119 cm³/mol. The molecular weight excluding hydrogens is 374 g/mol. The molecule has 4 heteroatoms. The van der Waals surface area contributed by atoms with E-state index in [1.807, 2.05) is 99.6 Å². The molecule has 0 radical (unpaired) electrons. The van der Waals surface area contributed by atoms with E-state index in [0.717, 1.165) is 27.8 Å². The summed E-state index contributed by atoms with van der Waals surface area (Å²) in [7, 11) is 0. The average molecular weight is 402 g/mol. The number of carboxylic acid groups (broad SMARTS) is 1. The first-order valence-electron chi connectivity index (χ1n) is 10.0. The molecule has 0 aliphatic heterocycles. The Labute approximate surface area is 177 Å². The van der Waals surface area contributed by atoms with E-state index in [2.05, 4.69) is 5.32 Å². The summed E-state index contributed by atoms with van der Waals surface area (Å²) in [6.07, 6.45) is 0.224. The van der Waals surface area contributed by atoms with Crippen LogP contribution in [0.5, 0.6) is 0 Å². The van der Waals surface area contributed by atoms with Gasteiger partial charge in [-0.05, 0) is 48.6 Å². The van der Waals surface area contributed by atoms with Crippen LogP contribution in [-0.2, 0) is 21.4 Å². The summed E-state index contributed by atoms with van der Waals surface area (Å²) in [4.78, 5) is 25.5. The van der Waals surface area contributed by atoms with Crippen LogP contribution in [0.3, 0.4) is 0 Å². The van der Waals surface area contributed by atoms with Gasteiger partial charge in [0, 0.05) is 6.42 Å². The van der Waals surface area contributed by atoms with Crippen LogP contribution < -0.4 is 5.32 Å². The fraction of sp³-hybridized carbons (Fsp3) is 0.231. The van der Waals surface area contributed by atoms with Crippen LogP contribution >= 0.6 is 0 Å². The summed E-state index contributed by atoms with van der Waals surface area (Å²) in [6.45, 7) is 5.84. The number of hydrogen-bond donors (Lipinski definition) is 2. The summed E-state index contributed by atoms with van der Waals surface area (Å²) >= 11 is 0. The van der Waals surface area contributed by atoms with Crippen molar-refractivity contribution in [1.29, 1.82) is 0 Å². The Kier molecular flexibility index (Phi) is 6.36. The fourth-order valence-corrected chi connectivity index (χ4v) is 3.64. The SMILES string of the molecule is Cc1ccc(C[C@H](NC(=O)C(C)(c2ccccc2)c2ccccc2)C(=O)O)cc1C. The van der Waals surface area contributed by atoms with Crippen LogP contribution in [0.1, 0.15) is 34.7 Å². The monoisotopic (exact) mass is 401 g/mol. The molecule has 0 aromatic heterocycles. The zero-order chi connectivity index (χ0) is 21.7. The number of aryl methyl sites for hydroxylation is 2. The lowest BCUT2D eigenvalue weighted by Gasteiger charge is -2.31. The molecule has 0 heterocycles. The van der Waals surface area contributed by atoms with Gasteiger partial charge in [-0.2, -0.15) is 0 Å². The third kappa shape index (κ3) is 4.43. The highest BCUT2D eigenvalue weighted by atomic mass is 16.4. The minimum Gasteiger partial charge on any atom is -0.480 e. The number of nitrogens with one attached hydrogen (secondary N) is 1. The summed E-state index contributed by atoms with van der Waals surface area (Å²) in [5.41, 5.74) is 3.73. The van der Waals surface area contributed by atoms with Gasteiger partial charge in [0.1, 0.15) is 6.04 Å². The number of carboxylic acids is 1. The van der Waals surface area contributed by atoms with Gasteiger partial charge in [-0.15, -0.1) is 0 Å². The van der Waals surface area contributed by atoms with Crippen molar-refractivity contribution in [3.63, 3.8) is 0 Å². The highest BCUT2D eigenvalue weighted by molar-refractivity contribution is 5.94. The summed E-state index contributed by atoms with van der Waals surface area (Å²) in [5, 5.41) is 12.6. The van der Waals surface area contributed by atoms with Gasteiger partial charge in [-0.3, -0.25) is 4.79 Å². The van der Waals surface area contributed by atoms with E-state index in [9.17, 15) is 14.7 Å².